The van der Waals surface area contributed by atoms with Gasteiger partial charge in [0.15, 0.2) is 11.6 Å². The lowest BCUT2D eigenvalue weighted by Crippen LogP contribution is -2.62. The van der Waals surface area contributed by atoms with E-state index in [1.165, 1.54) is 12.3 Å². The number of hydrogen-bond acceptors (Lipinski definition) is 6. The number of aryl methyl sites for hydroxylation is 1. The van der Waals surface area contributed by atoms with Gasteiger partial charge in [-0.2, -0.15) is 19.1 Å². The van der Waals surface area contributed by atoms with Crippen molar-refractivity contribution in [3.63, 3.8) is 0 Å². The lowest BCUT2D eigenvalue weighted by molar-refractivity contribution is -0.0494. The van der Waals surface area contributed by atoms with Crippen molar-refractivity contribution in [2.24, 2.45) is 0 Å². The maximum absolute atomic E-state index is 12.9. The van der Waals surface area contributed by atoms with Crippen LogP contribution in [-0.4, -0.2) is 45.4 Å². The van der Waals surface area contributed by atoms with Crippen LogP contribution in [0.15, 0.2) is 36.5 Å². The fourth-order valence-electron chi connectivity index (χ4n) is 4.84. The molecule has 0 unspecified atom stereocenters. The smallest absolute Gasteiger partial charge is 0.387 e. The molecule has 3 aromatic rings. The van der Waals surface area contributed by atoms with Gasteiger partial charge in [0.05, 0.1) is 23.4 Å². The first-order valence-electron chi connectivity index (χ1n) is 11.2. The van der Waals surface area contributed by atoms with E-state index < -0.39 is 6.61 Å². The zero-order valence-corrected chi connectivity index (χ0v) is 20.0. The molecule has 1 spiro atoms. The average molecular weight is 514 g/mol. The van der Waals surface area contributed by atoms with Crippen molar-refractivity contribution in [2.45, 2.75) is 38.0 Å². The summed E-state index contributed by atoms with van der Waals surface area (Å²) in [6.07, 6.45) is 2.31. The number of nitrogens with two attached hydrogens (primary N) is 1. The molecule has 2 aliphatic heterocycles. The minimum atomic E-state index is -3.01. The van der Waals surface area contributed by atoms with Crippen LogP contribution in [-0.2, 0) is 12.0 Å². The van der Waals surface area contributed by atoms with E-state index in [-0.39, 0.29) is 29.1 Å². The molecule has 5 rings (SSSR count). The topological polar surface area (TPSA) is 122 Å². The molecule has 12 heteroatoms. The number of nitriles is 1. The Balaban J connectivity index is 1.27. The number of pyridine rings is 1. The number of anilines is 1. The molecule has 0 radical (unpaired) electrons. The Kier molecular flexibility index (Phi) is 5.92. The number of hydrogen-bond donors (Lipinski definition) is 2. The fourth-order valence-corrected chi connectivity index (χ4v) is 5.18. The number of nitrogen functional groups attached to an aromatic ring is 1. The van der Waals surface area contributed by atoms with Crippen molar-refractivity contribution in [3.8, 4) is 23.1 Å². The van der Waals surface area contributed by atoms with E-state index in [0.717, 1.165) is 17.7 Å². The number of halogens is 3. The van der Waals surface area contributed by atoms with E-state index in [0.29, 0.717) is 41.5 Å². The quantitative estimate of drug-likeness (QED) is 0.530. The van der Waals surface area contributed by atoms with E-state index in [1.54, 1.807) is 23.1 Å². The zero-order chi connectivity index (χ0) is 25.6. The molecule has 1 aromatic carbocycles. The summed E-state index contributed by atoms with van der Waals surface area (Å²) < 4.78 is 31.7. The van der Waals surface area contributed by atoms with E-state index in [9.17, 15) is 13.6 Å². The summed E-state index contributed by atoms with van der Waals surface area (Å²) in [5.41, 5.74) is 8.67. The van der Waals surface area contributed by atoms with Crippen LogP contribution in [0.4, 0.5) is 19.4 Å². The van der Waals surface area contributed by atoms with Gasteiger partial charge in [-0.25, -0.2) is 9.78 Å². The zero-order valence-electron chi connectivity index (χ0n) is 19.2. The minimum Gasteiger partial charge on any atom is -0.431 e. The van der Waals surface area contributed by atoms with Crippen molar-refractivity contribution in [1.82, 2.24) is 25.0 Å². The minimum absolute atomic E-state index is 0.126. The number of amides is 2. The maximum atomic E-state index is 12.9. The molecule has 4 heterocycles. The third-order valence-corrected chi connectivity index (χ3v) is 7.06. The predicted octanol–water partition coefficient (Wildman–Crippen LogP) is 4.08. The number of nitrogens with zero attached hydrogens (tertiary/aromatic N) is 5. The van der Waals surface area contributed by atoms with Crippen LogP contribution in [0, 0.1) is 11.3 Å². The van der Waals surface area contributed by atoms with Gasteiger partial charge in [0, 0.05) is 47.5 Å². The predicted molar refractivity (Wildman–Crippen MR) is 127 cm³/mol. The van der Waals surface area contributed by atoms with Gasteiger partial charge < -0.3 is 20.7 Å². The highest BCUT2D eigenvalue weighted by molar-refractivity contribution is 6.31. The van der Waals surface area contributed by atoms with Crippen LogP contribution in [0.2, 0.25) is 5.02 Å². The summed E-state index contributed by atoms with van der Waals surface area (Å²) in [5.74, 6) is -0.326. The van der Waals surface area contributed by atoms with Gasteiger partial charge in [-0.3, -0.25) is 4.68 Å². The van der Waals surface area contributed by atoms with Crippen molar-refractivity contribution >= 4 is 23.4 Å². The number of urea groups is 1. The molecule has 1 fully saturated rings. The monoisotopic (exact) mass is 513 g/mol. The standard InChI is InChI=1S/C24H22ClF2N7O2/c1-13(16-3-2-14(9-28)6-17(16)25)31-23(35)33-11-24(12-33)4-5-34-20(24)8-18(32-34)15-7-19(36-22(26)27)21(29)30-10-15/h2-3,6-8,10,13,22H,4-5,11-12H2,1H3,(H2,29,30)(H,31,35)/t13-/m1/s1. The number of likely N-dealkylation sites (tertiary alicyclic amines) is 1. The van der Waals surface area contributed by atoms with Gasteiger partial charge in [0.1, 0.15) is 0 Å². The lowest BCUT2D eigenvalue weighted by Gasteiger charge is -2.47. The summed E-state index contributed by atoms with van der Waals surface area (Å²) >= 11 is 6.28. The Morgan fingerprint density at radius 2 is 2.11 bits per heavy atom. The van der Waals surface area contributed by atoms with E-state index >= 15 is 0 Å². The van der Waals surface area contributed by atoms with E-state index in [4.69, 9.17) is 22.6 Å². The molecule has 0 saturated carbocycles. The Morgan fingerprint density at radius 1 is 1.33 bits per heavy atom. The molecule has 1 atom stereocenters. The highest BCUT2D eigenvalue weighted by Gasteiger charge is 2.51. The molecular formula is C24H22ClF2N7O2. The third-order valence-electron chi connectivity index (χ3n) is 6.73. The summed E-state index contributed by atoms with van der Waals surface area (Å²) in [6.45, 7) is 0.562. The summed E-state index contributed by atoms with van der Waals surface area (Å²) in [6, 6.07) is 9.78. The Hall–Kier alpha value is -3.91. The van der Waals surface area contributed by atoms with Crippen molar-refractivity contribution < 1.29 is 18.3 Å². The van der Waals surface area contributed by atoms with E-state index in [1.807, 2.05) is 23.7 Å². The van der Waals surface area contributed by atoms with Gasteiger partial charge in [-0.1, -0.05) is 17.7 Å². The Morgan fingerprint density at radius 3 is 2.81 bits per heavy atom. The maximum Gasteiger partial charge on any atom is 0.387 e. The SMILES string of the molecule is C[C@@H](NC(=O)N1CC2(CCn3nc(-c4cnc(N)c(OC(F)F)c4)cc32)C1)c1ccc(C#N)cc1Cl. The third kappa shape index (κ3) is 4.18. The second kappa shape index (κ2) is 8.95. The van der Waals surface area contributed by atoms with Crippen LogP contribution in [0.25, 0.3) is 11.3 Å². The second-order valence-electron chi connectivity index (χ2n) is 9.03. The molecule has 0 bridgehead atoms. The summed E-state index contributed by atoms with van der Waals surface area (Å²) in [5, 5.41) is 17.0. The van der Waals surface area contributed by atoms with Crippen LogP contribution in [0.1, 0.15) is 36.2 Å². The van der Waals surface area contributed by atoms with Gasteiger partial charge in [-0.05, 0) is 43.2 Å². The molecular weight excluding hydrogens is 492 g/mol. The number of aromatic nitrogens is 3. The Labute approximate surface area is 210 Å². The first kappa shape index (κ1) is 23.8. The number of ether oxygens (including phenoxy) is 1. The highest BCUT2D eigenvalue weighted by atomic mass is 35.5. The number of nitrogens with one attached hydrogen (secondary N) is 1. The van der Waals surface area contributed by atoms with Gasteiger partial charge >= 0.3 is 12.6 Å². The molecule has 9 nitrogen and oxygen atoms in total. The fraction of sp³-hybridized carbons (Fsp3) is 0.333. The number of carbonyl (C=O) groups excluding carboxylic acids is 1. The average Bonchev–Trinajstić information content (AvgIpc) is 3.38. The van der Waals surface area contributed by atoms with E-state index in [2.05, 4.69) is 20.1 Å². The van der Waals surface area contributed by atoms with Crippen LogP contribution in [0.5, 0.6) is 5.75 Å². The largest absolute Gasteiger partial charge is 0.431 e. The van der Waals surface area contributed by atoms with Crippen molar-refractivity contribution in [1.29, 1.82) is 5.26 Å². The van der Waals surface area contributed by atoms with Gasteiger partial charge in [0.25, 0.3) is 0 Å². The first-order valence-corrected chi connectivity index (χ1v) is 11.6. The first-order chi connectivity index (χ1) is 17.2. The van der Waals surface area contributed by atoms with Crippen molar-refractivity contribution in [2.75, 3.05) is 18.8 Å². The molecule has 2 amide bonds. The number of rotatable bonds is 5. The summed E-state index contributed by atoms with van der Waals surface area (Å²) in [7, 11) is 0. The van der Waals surface area contributed by atoms with Crippen molar-refractivity contribution in [3.05, 3.63) is 58.4 Å². The number of carbonyl (C=O) groups is 1. The second-order valence-corrected chi connectivity index (χ2v) is 9.44. The van der Waals surface area contributed by atoms with Crippen LogP contribution in [0.3, 0.4) is 0 Å². The molecule has 1 saturated heterocycles. The van der Waals surface area contributed by atoms with Gasteiger partial charge in [0.2, 0.25) is 0 Å². The molecule has 186 valence electrons. The van der Waals surface area contributed by atoms with Crippen LogP contribution >= 0.6 is 11.6 Å². The molecule has 2 aliphatic rings. The number of alkyl halides is 2. The normalized spacial score (nSPS) is 16.4. The van der Waals surface area contributed by atoms with Crippen LogP contribution < -0.4 is 15.8 Å². The number of benzene rings is 1. The molecule has 0 aliphatic carbocycles. The Bertz CT molecular complexity index is 1380. The highest BCUT2D eigenvalue weighted by Crippen LogP contribution is 2.44. The molecule has 2 aromatic heterocycles. The summed E-state index contributed by atoms with van der Waals surface area (Å²) in [4.78, 5) is 18.6. The van der Waals surface area contributed by atoms with Gasteiger partial charge in [-0.15, -0.1) is 0 Å². The lowest BCUT2D eigenvalue weighted by atomic mass is 9.76. The molecule has 36 heavy (non-hydrogen) atoms. The molecule has 3 N–H and O–H groups in total. The number of fused-ring (bicyclic) bond motifs is 2.